The number of rotatable bonds is 4. The Bertz CT molecular complexity index is 750. The maximum Gasteiger partial charge on any atom is 0.316 e. The Balaban J connectivity index is 2.10. The molecule has 0 atom stereocenters. The van der Waals surface area contributed by atoms with Crippen molar-refractivity contribution in [3.8, 4) is 5.75 Å². The van der Waals surface area contributed by atoms with Crippen LogP contribution in [-0.4, -0.2) is 33.8 Å². The minimum atomic E-state index is -0.996. The number of aromatic nitrogens is 2. The lowest BCUT2D eigenvalue weighted by Crippen LogP contribution is -2.29. The van der Waals surface area contributed by atoms with Gasteiger partial charge in [-0.2, -0.15) is 0 Å². The Hall–Kier alpha value is -3.56. The average Bonchev–Trinajstić information content (AvgIpc) is 2.55. The van der Waals surface area contributed by atoms with Gasteiger partial charge in [0.25, 0.3) is 5.69 Å². The van der Waals surface area contributed by atoms with Gasteiger partial charge in [0.15, 0.2) is 0 Å². The van der Waals surface area contributed by atoms with Gasteiger partial charge in [0.2, 0.25) is 5.95 Å². The van der Waals surface area contributed by atoms with E-state index in [4.69, 9.17) is 4.74 Å². The van der Waals surface area contributed by atoms with Crippen molar-refractivity contribution < 1.29 is 19.2 Å². The van der Waals surface area contributed by atoms with E-state index in [1.54, 1.807) is 6.07 Å². The molecule has 2 N–H and O–H groups in total. The molecule has 1 aromatic carbocycles. The van der Waals surface area contributed by atoms with Crippen LogP contribution in [0, 0.1) is 10.1 Å². The van der Waals surface area contributed by atoms with Gasteiger partial charge in [0, 0.05) is 18.5 Å². The third kappa shape index (κ3) is 3.97. The first-order chi connectivity index (χ1) is 11.0. The predicted molar refractivity (Wildman–Crippen MR) is 78.9 cm³/mol. The zero-order chi connectivity index (χ0) is 16.8. The monoisotopic (exact) mass is 317 g/mol. The van der Waals surface area contributed by atoms with E-state index >= 15 is 0 Å². The van der Waals surface area contributed by atoms with E-state index in [0.717, 1.165) is 6.07 Å². The van der Waals surface area contributed by atoms with Crippen LogP contribution in [0.2, 0.25) is 0 Å². The van der Waals surface area contributed by atoms with Crippen LogP contribution in [0.4, 0.5) is 17.3 Å². The zero-order valence-electron chi connectivity index (χ0n) is 11.8. The number of non-ortho nitro benzene ring substituents is 1. The van der Waals surface area contributed by atoms with Crippen LogP contribution in [0.3, 0.4) is 0 Å². The fraction of sp³-hybridized carbons (Fsp3) is 0.0769. The molecule has 10 heteroatoms. The number of amides is 2. The smallest absolute Gasteiger partial charge is 0.316 e. The molecular weight excluding hydrogens is 306 g/mol. The summed E-state index contributed by atoms with van der Waals surface area (Å²) in [5, 5.41) is 15.2. The zero-order valence-corrected chi connectivity index (χ0v) is 11.8. The summed E-state index contributed by atoms with van der Waals surface area (Å²) < 4.78 is 4.96. The van der Waals surface area contributed by atoms with E-state index in [9.17, 15) is 19.7 Å². The number of anilines is 2. The van der Waals surface area contributed by atoms with E-state index in [1.807, 2.05) is 0 Å². The summed E-state index contributed by atoms with van der Waals surface area (Å²) in [4.78, 5) is 41.2. The van der Waals surface area contributed by atoms with Gasteiger partial charge in [-0.25, -0.2) is 9.97 Å². The molecule has 23 heavy (non-hydrogen) atoms. The Kier molecular flexibility index (Phi) is 4.77. The first-order valence-electron chi connectivity index (χ1n) is 6.23. The van der Waals surface area contributed by atoms with Crippen LogP contribution in [0.5, 0.6) is 5.75 Å². The molecule has 0 aliphatic carbocycles. The summed E-state index contributed by atoms with van der Waals surface area (Å²) in [5.41, 5.74) is -0.0887. The summed E-state index contributed by atoms with van der Waals surface area (Å²) in [7, 11) is 1.28. The summed E-state index contributed by atoms with van der Waals surface area (Å²) in [6, 6.07) is 5.13. The van der Waals surface area contributed by atoms with Gasteiger partial charge in [0.05, 0.1) is 23.8 Å². The van der Waals surface area contributed by atoms with Crippen molar-refractivity contribution in [1.29, 1.82) is 0 Å². The largest absolute Gasteiger partial charge is 0.494 e. The second-order valence-corrected chi connectivity index (χ2v) is 4.12. The van der Waals surface area contributed by atoms with Gasteiger partial charge in [-0.05, 0) is 12.1 Å². The minimum absolute atomic E-state index is 0.0247. The van der Waals surface area contributed by atoms with Gasteiger partial charge >= 0.3 is 11.8 Å². The number of nitrogens with one attached hydrogen (secondary N) is 2. The second kappa shape index (κ2) is 6.93. The molecule has 0 radical (unpaired) electrons. The van der Waals surface area contributed by atoms with Crippen molar-refractivity contribution in [2.45, 2.75) is 0 Å². The molecule has 0 saturated carbocycles. The number of nitrogens with zero attached hydrogens (tertiary/aromatic N) is 3. The molecular formula is C13H11N5O5. The van der Waals surface area contributed by atoms with E-state index in [-0.39, 0.29) is 23.1 Å². The van der Waals surface area contributed by atoms with Crippen molar-refractivity contribution in [1.82, 2.24) is 9.97 Å². The molecule has 0 unspecified atom stereocenters. The maximum atomic E-state index is 11.8. The van der Waals surface area contributed by atoms with Crippen LogP contribution in [0.25, 0.3) is 0 Å². The van der Waals surface area contributed by atoms with Crippen LogP contribution in [0.15, 0.2) is 36.7 Å². The van der Waals surface area contributed by atoms with Crippen molar-refractivity contribution in [2.75, 3.05) is 17.7 Å². The molecule has 2 rings (SSSR count). The molecule has 0 aliphatic heterocycles. The van der Waals surface area contributed by atoms with E-state index < -0.39 is 16.7 Å². The van der Waals surface area contributed by atoms with Gasteiger partial charge in [-0.15, -0.1) is 0 Å². The first-order valence-corrected chi connectivity index (χ1v) is 6.23. The highest BCUT2D eigenvalue weighted by Gasteiger charge is 2.18. The molecule has 0 spiro atoms. The first kappa shape index (κ1) is 15.8. The van der Waals surface area contributed by atoms with E-state index in [0.29, 0.717) is 0 Å². The summed E-state index contributed by atoms with van der Waals surface area (Å²) in [6.45, 7) is 0. The van der Waals surface area contributed by atoms with Crippen LogP contribution in [0.1, 0.15) is 0 Å². The third-order valence-electron chi connectivity index (χ3n) is 2.64. The van der Waals surface area contributed by atoms with Gasteiger partial charge in [0.1, 0.15) is 5.75 Å². The Morgan fingerprint density at radius 2 is 1.83 bits per heavy atom. The number of hydrogen-bond acceptors (Lipinski definition) is 7. The molecule has 0 aliphatic rings. The van der Waals surface area contributed by atoms with Crippen LogP contribution < -0.4 is 15.4 Å². The lowest BCUT2D eigenvalue weighted by atomic mass is 10.2. The molecule has 10 nitrogen and oxygen atoms in total. The van der Waals surface area contributed by atoms with Crippen molar-refractivity contribution >= 4 is 29.1 Å². The lowest BCUT2D eigenvalue weighted by Gasteiger charge is -2.09. The molecule has 0 saturated heterocycles. The molecule has 118 valence electrons. The van der Waals surface area contributed by atoms with Gasteiger partial charge in [-0.1, -0.05) is 0 Å². The number of ether oxygens (including phenoxy) is 1. The normalized spacial score (nSPS) is 9.78. The number of hydrogen-bond donors (Lipinski definition) is 2. The van der Waals surface area contributed by atoms with Crippen molar-refractivity contribution in [3.63, 3.8) is 0 Å². The Labute approximate surface area is 129 Å². The number of benzene rings is 1. The predicted octanol–water partition coefficient (Wildman–Crippen LogP) is 0.971. The van der Waals surface area contributed by atoms with E-state index in [2.05, 4.69) is 20.6 Å². The number of carbonyl (C=O) groups excluding carboxylic acids is 2. The fourth-order valence-electron chi connectivity index (χ4n) is 1.60. The number of carbonyl (C=O) groups is 2. The Morgan fingerprint density at radius 3 is 2.43 bits per heavy atom. The highest BCUT2D eigenvalue weighted by atomic mass is 16.6. The lowest BCUT2D eigenvalue weighted by molar-refractivity contribution is -0.384. The summed E-state index contributed by atoms with van der Waals surface area (Å²) in [5.74, 6) is -1.96. The fourth-order valence-corrected chi connectivity index (χ4v) is 1.60. The van der Waals surface area contributed by atoms with Gasteiger partial charge < -0.3 is 10.1 Å². The number of nitro benzene ring substituents is 1. The van der Waals surface area contributed by atoms with Crippen molar-refractivity contribution in [2.24, 2.45) is 0 Å². The highest BCUT2D eigenvalue weighted by molar-refractivity contribution is 6.43. The van der Waals surface area contributed by atoms with Crippen LogP contribution in [-0.2, 0) is 9.59 Å². The topological polar surface area (TPSA) is 136 Å². The van der Waals surface area contributed by atoms with Gasteiger partial charge in [-0.3, -0.25) is 25.0 Å². The minimum Gasteiger partial charge on any atom is -0.494 e. The quantitative estimate of drug-likeness (QED) is 0.487. The molecule has 0 fully saturated rings. The second-order valence-electron chi connectivity index (χ2n) is 4.12. The molecule has 1 heterocycles. The Morgan fingerprint density at radius 1 is 1.17 bits per heavy atom. The molecule has 2 aromatic rings. The standard InChI is InChI=1S/C13H11N5O5/c1-23-10-7-8(18(21)22)3-4-9(10)16-11(19)12(20)17-13-14-5-2-6-15-13/h2-7H,1H3,(H,16,19)(H,14,15,17,20). The average molecular weight is 317 g/mol. The van der Waals surface area contributed by atoms with Crippen LogP contribution >= 0.6 is 0 Å². The molecule has 1 aromatic heterocycles. The maximum absolute atomic E-state index is 11.8. The molecule has 0 bridgehead atoms. The molecule has 2 amide bonds. The summed E-state index contributed by atoms with van der Waals surface area (Å²) in [6.07, 6.45) is 2.81. The number of methoxy groups -OCH3 is 1. The SMILES string of the molecule is COc1cc([N+](=O)[O-])ccc1NC(=O)C(=O)Nc1ncccn1. The number of nitro groups is 1. The highest BCUT2D eigenvalue weighted by Crippen LogP contribution is 2.28. The summed E-state index contributed by atoms with van der Waals surface area (Å²) >= 11 is 0. The van der Waals surface area contributed by atoms with Crippen molar-refractivity contribution in [3.05, 3.63) is 46.8 Å². The van der Waals surface area contributed by atoms with E-state index in [1.165, 1.54) is 31.6 Å². The third-order valence-corrected chi connectivity index (χ3v) is 2.64.